The molecule has 0 aromatic rings. The van der Waals surface area contributed by atoms with Crippen LogP contribution < -0.4 is 0 Å². The van der Waals surface area contributed by atoms with E-state index in [1.165, 1.54) is 0 Å². The number of ether oxygens (including phenoxy) is 2. The minimum absolute atomic E-state index is 0.0864. The van der Waals surface area contributed by atoms with Gasteiger partial charge >= 0.3 is 6.09 Å². The van der Waals surface area contributed by atoms with Gasteiger partial charge in [0.15, 0.2) is 0 Å². The minimum atomic E-state index is -0.418. The normalized spacial score (nSPS) is 20.2. The van der Waals surface area contributed by atoms with Crippen molar-refractivity contribution < 1.29 is 14.3 Å². The van der Waals surface area contributed by atoms with E-state index in [2.05, 4.69) is 15.9 Å². The average Bonchev–Trinajstić information content (AvgIpc) is 2.26. The standard InChI is InChI=1S/C12H22BrNO3/c1-12(2,3)17-11(15)14-7-5-9(6-8-14)10(13)16-4/h9-10H,5-8H2,1-4H3. The number of hydrogen-bond acceptors (Lipinski definition) is 3. The maximum Gasteiger partial charge on any atom is 0.410 e. The van der Waals surface area contributed by atoms with Crippen LogP contribution in [0.15, 0.2) is 0 Å². The monoisotopic (exact) mass is 307 g/mol. The molecule has 0 saturated carbocycles. The maximum atomic E-state index is 11.8. The first-order valence-electron chi connectivity index (χ1n) is 5.98. The Bertz CT molecular complexity index is 257. The molecule has 0 aromatic carbocycles. The van der Waals surface area contributed by atoms with E-state index in [0.717, 1.165) is 25.9 Å². The number of piperidine rings is 1. The van der Waals surface area contributed by atoms with Crippen molar-refractivity contribution in [3.05, 3.63) is 0 Å². The van der Waals surface area contributed by atoms with Crippen LogP contribution in [-0.2, 0) is 9.47 Å². The predicted molar refractivity (Wildman–Crippen MR) is 70.3 cm³/mol. The Balaban J connectivity index is 2.39. The molecule has 0 spiro atoms. The Kier molecular flexibility index (Phi) is 5.25. The number of amides is 1. The van der Waals surface area contributed by atoms with E-state index >= 15 is 0 Å². The Morgan fingerprint density at radius 1 is 1.35 bits per heavy atom. The van der Waals surface area contributed by atoms with E-state index < -0.39 is 5.60 Å². The van der Waals surface area contributed by atoms with Crippen LogP contribution in [0.25, 0.3) is 0 Å². The van der Waals surface area contributed by atoms with Crippen molar-refractivity contribution in [1.82, 2.24) is 4.90 Å². The zero-order valence-corrected chi connectivity index (χ0v) is 12.6. The van der Waals surface area contributed by atoms with Crippen LogP contribution in [0.2, 0.25) is 0 Å². The van der Waals surface area contributed by atoms with Crippen molar-refractivity contribution >= 4 is 22.0 Å². The second-order valence-corrected chi connectivity index (χ2v) is 6.29. The fourth-order valence-corrected chi connectivity index (χ4v) is 2.39. The van der Waals surface area contributed by atoms with Gasteiger partial charge in [-0.25, -0.2) is 4.79 Å². The molecule has 1 aliphatic rings. The molecule has 1 rings (SSSR count). The van der Waals surface area contributed by atoms with Crippen molar-refractivity contribution in [2.24, 2.45) is 5.92 Å². The van der Waals surface area contributed by atoms with Gasteiger partial charge in [-0.1, -0.05) is 15.9 Å². The number of carbonyl (C=O) groups excluding carboxylic acids is 1. The molecule has 1 fully saturated rings. The summed E-state index contributed by atoms with van der Waals surface area (Å²) in [4.78, 5) is 13.6. The van der Waals surface area contributed by atoms with Crippen molar-refractivity contribution in [3.63, 3.8) is 0 Å². The lowest BCUT2D eigenvalue weighted by Gasteiger charge is -2.34. The number of rotatable bonds is 2. The summed E-state index contributed by atoms with van der Waals surface area (Å²) in [7, 11) is 1.69. The number of hydrogen-bond donors (Lipinski definition) is 0. The zero-order valence-electron chi connectivity index (χ0n) is 11.0. The number of likely N-dealkylation sites (tertiary alicyclic amines) is 1. The molecular formula is C12H22BrNO3. The lowest BCUT2D eigenvalue weighted by atomic mass is 9.98. The van der Waals surface area contributed by atoms with Crippen molar-refractivity contribution in [2.75, 3.05) is 20.2 Å². The van der Waals surface area contributed by atoms with Crippen LogP contribution in [0.4, 0.5) is 4.79 Å². The lowest BCUT2D eigenvalue weighted by molar-refractivity contribution is 0.0125. The van der Waals surface area contributed by atoms with Gasteiger partial charge in [0.2, 0.25) is 0 Å². The summed E-state index contributed by atoms with van der Waals surface area (Å²) in [6.45, 7) is 7.14. The Labute approximate surface area is 112 Å². The highest BCUT2D eigenvalue weighted by molar-refractivity contribution is 9.09. The third-order valence-corrected chi connectivity index (χ3v) is 3.91. The number of halogens is 1. The van der Waals surface area contributed by atoms with Gasteiger partial charge in [0.25, 0.3) is 0 Å². The Morgan fingerprint density at radius 3 is 2.29 bits per heavy atom. The van der Waals surface area contributed by atoms with Crippen LogP contribution in [0.5, 0.6) is 0 Å². The van der Waals surface area contributed by atoms with Gasteiger partial charge in [-0.3, -0.25) is 0 Å². The van der Waals surface area contributed by atoms with Gasteiger partial charge in [0.1, 0.15) is 10.6 Å². The smallest absolute Gasteiger partial charge is 0.410 e. The van der Waals surface area contributed by atoms with Crippen LogP contribution in [0, 0.1) is 5.92 Å². The zero-order chi connectivity index (χ0) is 13.1. The average molecular weight is 308 g/mol. The van der Waals surface area contributed by atoms with Crippen LogP contribution in [0.1, 0.15) is 33.6 Å². The van der Waals surface area contributed by atoms with Gasteiger partial charge in [0, 0.05) is 20.2 Å². The van der Waals surface area contributed by atoms with E-state index in [1.54, 1.807) is 12.0 Å². The van der Waals surface area contributed by atoms with Gasteiger partial charge < -0.3 is 14.4 Å². The highest BCUT2D eigenvalue weighted by Gasteiger charge is 2.29. The summed E-state index contributed by atoms with van der Waals surface area (Å²) in [5, 5.41) is 0.0864. The number of nitrogens with zero attached hydrogens (tertiary/aromatic N) is 1. The van der Waals surface area contributed by atoms with Crippen molar-refractivity contribution in [1.29, 1.82) is 0 Å². The second kappa shape index (κ2) is 6.05. The molecule has 1 amide bonds. The van der Waals surface area contributed by atoms with Crippen LogP contribution >= 0.6 is 15.9 Å². The van der Waals surface area contributed by atoms with Gasteiger partial charge in [-0.05, 0) is 39.5 Å². The summed E-state index contributed by atoms with van der Waals surface area (Å²) in [5.41, 5.74) is -0.418. The predicted octanol–water partition coefficient (Wildman–Crippen LogP) is 3.00. The molecule has 100 valence electrons. The van der Waals surface area contributed by atoms with Crippen molar-refractivity contribution in [2.45, 2.75) is 44.2 Å². The largest absolute Gasteiger partial charge is 0.444 e. The highest BCUT2D eigenvalue weighted by atomic mass is 79.9. The van der Waals surface area contributed by atoms with E-state index in [9.17, 15) is 4.79 Å². The van der Waals surface area contributed by atoms with Crippen LogP contribution in [-0.4, -0.2) is 41.8 Å². The van der Waals surface area contributed by atoms with E-state index in [1.807, 2.05) is 20.8 Å². The van der Waals surface area contributed by atoms with Crippen LogP contribution in [0.3, 0.4) is 0 Å². The molecule has 0 radical (unpaired) electrons. The van der Waals surface area contributed by atoms with Gasteiger partial charge in [0.05, 0.1) is 0 Å². The molecule has 4 nitrogen and oxygen atoms in total. The first-order chi connectivity index (χ1) is 7.83. The summed E-state index contributed by atoms with van der Waals surface area (Å²) >= 11 is 3.49. The summed E-state index contributed by atoms with van der Waals surface area (Å²) in [5.74, 6) is 0.471. The maximum absolute atomic E-state index is 11.8. The second-order valence-electron chi connectivity index (χ2n) is 5.39. The molecule has 5 heteroatoms. The summed E-state index contributed by atoms with van der Waals surface area (Å²) in [6.07, 6.45) is 1.69. The highest BCUT2D eigenvalue weighted by Crippen LogP contribution is 2.26. The molecule has 0 aromatic heterocycles. The quantitative estimate of drug-likeness (QED) is 0.736. The molecular weight excluding hydrogens is 286 g/mol. The molecule has 1 saturated heterocycles. The fourth-order valence-electron chi connectivity index (χ4n) is 1.86. The SMILES string of the molecule is COC(Br)C1CCN(C(=O)OC(C)(C)C)CC1. The number of methoxy groups -OCH3 is 1. The first kappa shape index (κ1) is 14.8. The Hall–Kier alpha value is -0.290. The summed E-state index contributed by atoms with van der Waals surface area (Å²) < 4.78 is 10.6. The number of carbonyl (C=O) groups is 1. The molecule has 0 N–H and O–H groups in total. The van der Waals surface area contributed by atoms with Gasteiger partial charge in [-0.15, -0.1) is 0 Å². The summed E-state index contributed by atoms with van der Waals surface area (Å²) in [6, 6.07) is 0. The minimum Gasteiger partial charge on any atom is -0.444 e. The van der Waals surface area contributed by atoms with E-state index in [4.69, 9.17) is 9.47 Å². The molecule has 1 atom stereocenters. The molecule has 1 heterocycles. The third kappa shape index (κ3) is 4.84. The molecule has 17 heavy (non-hydrogen) atoms. The molecule has 1 aliphatic heterocycles. The fraction of sp³-hybridized carbons (Fsp3) is 0.917. The van der Waals surface area contributed by atoms with E-state index in [0.29, 0.717) is 5.92 Å². The molecule has 1 unspecified atom stereocenters. The van der Waals surface area contributed by atoms with E-state index in [-0.39, 0.29) is 11.1 Å². The molecule has 0 aliphatic carbocycles. The van der Waals surface area contributed by atoms with Gasteiger partial charge in [-0.2, -0.15) is 0 Å². The van der Waals surface area contributed by atoms with Crippen molar-refractivity contribution in [3.8, 4) is 0 Å². The third-order valence-electron chi connectivity index (χ3n) is 2.79. The molecule has 0 bridgehead atoms. The number of alkyl halides is 1. The first-order valence-corrected chi connectivity index (χ1v) is 6.90. The topological polar surface area (TPSA) is 38.8 Å². The Morgan fingerprint density at radius 2 is 1.88 bits per heavy atom. The lowest BCUT2D eigenvalue weighted by Crippen LogP contribution is -2.43.